The highest BCUT2D eigenvalue weighted by atomic mass is 19.4. The Hall–Kier alpha value is -3.62. The van der Waals surface area contributed by atoms with Crippen LogP contribution in [0.1, 0.15) is 11.1 Å². The van der Waals surface area contributed by atoms with Gasteiger partial charge in [0.05, 0.1) is 17.8 Å². The second kappa shape index (κ2) is 7.66. The number of anilines is 2. The van der Waals surface area contributed by atoms with Crippen molar-refractivity contribution in [2.24, 2.45) is 0 Å². The van der Waals surface area contributed by atoms with E-state index in [2.05, 4.69) is 15.3 Å². The molecule has 0 atom stereocenters. The number of rotatable bonds is 2. The summed E-state index contributed by atoms with van der Waals surface area (Å²) in [6.45, 7) is 2.33. The highest BCUT2D eigenvalue weighted by Gasteiger charge is 2.31. The fourth-order valence-electron chi connectivity index (χ4n) is 3.09. The third-order valence-corrected chi connectivity index (χ3v) is 4.63. The van der Waals surface area contributed by atoms with Gasteiger partial charge in [-0.15, -0.1) is 0 Å². The number of hydrogen-bond donors (Lipinski definition) is 1. The summed E-state index contributed by atoms with van der Waals surface area (Å²) in [5, 5.41) is 2.74. The Balaban J connectivity index is 1.67. The summed E-state index contributed by atoms with van der Waals surface area (Å²) in [6.07, 6.45) is -2.89. The monoisotopic (exact) mass is 414 g/mol. The third-order valence-electron chi connectivity index (χ3n) is 4.63. The van der Waals surface area contributed by atoms with Gasteiger partial charge in [0.1, 0.15) is 12.4 Å². The lowest BCUT2D eigenvalue weighted by atomic mass is 10.1. The van der Waals surface area contributed by atoms with Crippen molar-refractivity contribution in [3.63, 3.8) is 0 Å². The first-order valence-electron chi connectivity index (χ1n) is 9.14. The van der Waals surface area contributed by atoms with Crippen LogP contribution in [0, 0.1) is 6.92 Å². The number of carbonyl (C=O) groups excluding carboxylic acids is 1. The number of pyridine rings is 2. The first-order valence-corrected chi connectivity index (χ1v) is 9.14. The van der Waals surface area contributed by atoms with Crippen molar-refractivity contribution < 1.29 is 22.7 Å². The van der Waals surface area contributed by atoms with Crippen LogP contribution in [-0.2, 0) is 6.18 Å². The molecule has 1 aliphatic heterocycles. The van der Waals surface area contributed by atoms with Crippen molar-refractivity contribution in [3.05, 3.63) is 65.9 Å². The summed E-state index contributed by atoms with van der Waals surface area (Å²) in [7, 11) is 0. The van der Waals surface area contributed by atoms with Crippen LogP contribution in [0.25, 0.3) is 11.3 Å². The van der Waals surface area contributed by atoms with Crippen LogP contribution in [0.4, 0.5) is 29.6 Å². The van der Waals surface area contributed by atoms with Crippen molar-refractivity contribution >= 4 is 17.7 Å². The van der Waals surface area contributed by atoms with E-state index in [1.54, 1.807) is 24.4 Å². The molecule has 0 spiro atoms. The van der Waals surface area contributed by atoms with Gasteiger partial charge in [0.15, 0.2) is 11.6 Å². The number of amides is 2. The molecule has 0 saturated heterocycles. The van der Waals surface area contributed by atoms with Gasteiger partial charge < -0.3 is 4.74 Å². The minimum atomic E-state index is -4.46. The van der Waals surface area contributed by atoms with E-state index in [0.717, 1.165) is 17.7 Å². The van der Waals surface area contributed by atoms with Gasteiger partial charge in [0, 0.05) is 11.8 Å². The molecule has 0 radical (unpaired) electrons. The van der Waals surface area contributed by atoms with Crippen molar-refractivity contribution in [3.8, 4) is 17.0 Å². The van der Waals surface area contributed by atoms with E-state index in [9.17, 15) is 18.0 Å². The maximum atomic E-state index is 13.1. The third kappa shape index (κ3) is 3.91. The van der Waals surface area contributed by atoms with Crippen LogP contribution in [0.5, 0.6) is 5.75 Å². The summed E-state index contributed by atoms with van der Waals surface area (Å²) in [5.74, 6) is 1.04. The molecule has 2 aromatic heterocycles. The molecule has 1 aromatic carbocycles. The molecular weight excluding hydrogens is 397 g/mol. The molecule has 9 heteroatoms. The molecule has 2 amide bonds. The Labute approximate surface area is 170 Å². The van der Waals surface area contributed by atoms with Crippen LogP contribution in [0.3, 0.4) is 0 Å². The minimum absolute atomic E-state index is 0.238. The second-order valence-electron chi connectivity index (χ2n) is 6.70. The van der Waals surface area contributed by atoms with Crippen molar-refractivity contribution in [1.82, 2.24) is 9.97 Å². The number of halogens is 3. The Bertz CT molecular complexity index is 1100. The van der Waals surface area contributed by atoms with E-state index in [1.807, 2.05) is 13.0 Å². The summed E-state index contributed by atoms with van der Waals surface area (Å²) < 4.78 is 44.7. The van der Waals surface area contributed by atoms with Gasteiger partial charge in [-0.3, -0.25) is 10.2 Å². The summed E-state index contributed by atoms with van der Waals surface area (Å²) in [5.41, 5.74) is 0.622. The highest BCUT2D eigenvalue weighted by molar-refractivity contribution is 6.02. The molecule has 0 saturated carbocycles. The molecule has 0 fully saturated rings. The molecule has 0 unspecified atom stereocenters. The fraction of sp³-hybridized carbons (Fsp3) is 0.190. The molecular formula is C21H17F3N4O2. The molecule has 6 nitrogen and oxygen atoms in total. The van der Waals surface area contributed by atoms with E-state index in [-0.39, 0.29) is 19.0 Å². The number of benzene rings is 1. The number of ether oxygens (including phenoxy) is 1. The predicted octanol–water partition coefficient (Wildman–Crippen LogP) is 4.90. The SMILES string of the molecule is Cc1cccnc1NC(=O)N1CCOc2ccc(-c3cccc(C(F)(F)F)c3)nc21. The van der Waals surface area contributed by atoms with E-state index in [1.165, 1.54) is 17.0 Å². The highest BCUT2D eigenvalue weighted by Crippen LogP contribution is 2.35. The fourth-order valence-corrected chi connectivity index (χ4v) is 3.09. The molecule has 1 N–H and O–H groups in total. The Kier molecular flexibility index (Phi) is 5.03. The van der Waals surface area contributed by atoms with Gasteiger partial charge in [-0.1, -0.05) is 18.2 Å². The lowest BCUT2D eigenvalue weighted by Crippen LogP contribution is -2.41. The van der Waals surface area contributed by atoms with Gasteiger partial charge >= 0.3 is 12.2 Å². The topological polar surface area (TPSA) is 67.4 Å². The molecule has 154 valence electrons. The Morgan fingerprint density at radius 3 is 2.77 bits per heavy atom. The number of hydrogen-bond acceptors (Lipinski definition) is 4. The number of nitrogens with one attached hydrogen (secondary N) is 1. The van der Waals surface area contributed by atoms with Crippen molar-refractivity contribution in [2.75, 3.05) is 23.4 Å². The Morgan fingerprint density at radius 2 is 2.00 bits per heavy atom. The van der Waals surface area contributed by atoms with E-state index >= 15 is 0 Å². The normalized spacial score (nSPS) is 13.4. The molecule has 0 aliphatic carbocycles. The lowest BCUT2D eigenvalue weighted by molar-refractivity contribution is -0.137. The standard InChI is InChI=1S/C21H17F3N4O2/c1-13-4-3-9-25-18(13)27-20(29)28-10-11-30-17-8-7-16(26-19(17)28)14-5-2-6-15(12-14)21(22,23)24/h2-9,12H,10-11H2,1H3,(H,25,27,29). The summed E-state index contributed by atoms with van der Waals surface area (Å²) >= 11 is 0. The first kappa shape index (κ1) is 19.7. The number of aryl methyl sites for hydroxylation is 1. The molecule has 4 rings (SSSR count). The zero-order chi connectivity index (χ0) is 21.3. The largest absolute Gasteiger partial charge is 0.488 e. The predicted molar refractivity (Wildman–Crippen MR) is 106 cm³/mol. The number of carbonyl (C=O) groups is 1. The smallest absolute Gasteiger partial charge is 0.416 e. The maximum Gasteiger partial charge on any atom is 0.416 e. The van der Waals surface area contributed by atoms with Crippen LogP contribution >= 0.6 is 0 Å². The van der Waals surface area contributed by atoms with Crippen LogP contribution in [-0.4, -0.2) is 29.2 Å². The zero-order valence-electron chi connectivity index (χ0n) is 15.9. The van der Waals surface area contributed by atoms with Crippen LogP contribution in [0.15, 0.2) is 54.7 Å². The average molecular weight is 414 g/mol. The van der Waals surface area contributed by atoms with Crippen LogP contribution in [0.2, 0.25) is 0 Å². The van der Waals surface area contributed by atoms with Gasteiger partial charge in [0.25, 0.3) is 0 Å². The van der Waals surface area contributed by atoms with E-state index < -0.39 is 17.8 Å². The molecule has 30 heavy (non-hydrogen) atoms. The lowest BCUT2D eigenvalue weighted by Gasteiger charge is -2.28. The van der Waals surface area contributed by atoms with Gasteiger partial charge in [0.2, 0.25) is 0 Å². The van der Waals surface area contributed by atoms with Gasteiger partial charge in [-0.05, 0) is 42.8 Å². The molecule has 3 heterocycles. The quantitative estimate of drug-likeness (QED) is 0.648. The first-order chi connectivity index (χ1) is 14.3. The van der Waals surface area contributed by atoms with Crippen LogP contribution < -0.4 is 15.0 Å². The molecule has 0 bridgehead atoms. The van der Waals surface area contributed by atoms with Crippen molar-refractivity contribution in [2.45, 2.75) is 13.1 Å². The van der Waals surface area contributed by atoms with E-state index in [4.69, 9.17) is 4.74 Å². The molecule has 3 aromatic rings. The second-order valence-corrected chi connectivity index (χ2v) is 6.70. The van der Waals surface area contributed by atoms with Gasteiger partial charge in [-0.2, -0.15) is 13.2 Å². The number of urea groups is 1. The average Bonchev–Trinajstić information content (AvgIpc) is 2.74. The van der Waals surface area contributed by atoms with Gasteiger partial charge in [-0.25, -0.2) is 14.8 Å². The zero-order valence-corrected chi connectivity index (χ0v) is 15.9. The number of nitrogens with zero attached hydrogens (tertiary/aromatic N) is 3. The van der Waals surface area contributed by atoms with E-state index in [0.29, 0.717) is 22.8 Å². The maximum absolute atomic E-state index is 13.1. The number of alkyl halides is 3. The Morgan fingerprint density at radius 1 is 1.17 bits per heavy atom. The van der Waals surface area contributed by atoms with Crippen molar-refractivity contribution in [1.29, 1.82) is 0 Å². The minimum Gasteiger partial charge on any atom is -0.488 e. The summed E-state index contributed by atoms with van der Waals surface area (Å²) in [4.78, 5) is 22.8. The summed E-state index contributed by atoms with van der Waals surface area (Å²) in [6, 6.07) is 11.2. The number of aromatic nitrogens is 2. The number of fused-ring (bicyclic) bond motifs is 1. The molecule has 1 aliphatic rings.